The first-order valence-corrected chi connectivity index (χ1v) is 5.94. The van der Waals surface area contributed by atoms with Crippen LogP contribution in [0.25, 0.3) is 11.3 Å². The Hall–Kier alpha value is -1.41. The van der Waals surface area contributed by atoms with Gasteiger partial charge >= 0.3 is 0 Å². The predicted molar refractivity (Wildman–Crippen MR) is 71.2 cm³/mol. The summed E-state index contributed by atoms with van der Waals surface area (Å²) < 4.78 is 0. The average Bonchev–Trinajstić information content (AvgIpc) is 2.28. The zero-order valence-electron chi connectivity index (χ0n) is 10.2. The van der Waals surface area contributed by atoms with E-state index >= 15 is 0 Å². The zero-order valence-corrected chi connectivity index (χ0v) is 11.0. The lowest BCUT2D eigenvalue weighted by Gasteiger charge is -2.19. The van der Waals surface area contributed by atoms with Gasteiger partial charge in [0.25, 0.3) is 0 Å². The normalized spacial score (nSPS) is 11.5. The van der Waals surface area contributed by atoms with Gasteiger partial charge in [-0.25, -0.2) is 0 Å². The van der Waals surface area contributed by atoms with E-state index in [4.69, 9.17) is 11.6 Å². The van der Waals surface area contributed by atoms with Crippen LogP contribution >= 0.6 is 11.6 Å². The van der Waals surface area contributed by atoms with Crippen molar-refractivity contribution in [2.45, 2.75) is 26.2 Å². The quantitative estimate of drug-likeness (QED) is 0.757. The van der Waals surface area contributed by atoms with Crippen LogP contribution in [0, 0.1) is 0 Å². The number of hydrogen-bond donors (Lipinski definition) is 0. The maximum absolute atomic E-state index is 5.90. The molecule has 0 bridgehead atoms. The summed E-state index contributed by atoms with van der Waals surface area (Å²) in [6.45, 7) is 6.59. The van der Waals surface area contributed by atoms with Crippen molar-refractivity contribution in [2.24, 2.45) is 0 Å². The molecule has 2 aromatic rings. The van der Waals surface area contributed by atoms with Crippen LogP contribution < -0.4 is 0 Å². The second-order valence-corrected chi connectivity index (χ2v) is 5.52. The fraction of sp³-hybridized carbons (Fsp3) is 0.286. The summed E-state index contributed by atoms with van der Waals surface area (Å²) in [5, 5.41) is 8.52. The first-order chi connectivity index (χ1) is 7.97. The standard InChI is InChI=1S/C14H15ClN2/c1-14(2,3)11-6-4-10(5-7-11)13-8-12(15)9-16-17-13/h4-9H,1-3H3. The minimum Gasteiger partial charge on any atom is -0.157 e. The van der Waals surface area contributed by atoms with Gasteiger partial charge in [0.05, 0.1) is 16.9 Å². The van der Waals surface area contributed by atoms with Crippen molar-refractivity contribution in [3.8, 4) is 11.3 Å². The molecular weight excluding hydrogens is 232 g/mol. The van der Waals surface area contributed by atoms with Gasteiger partial charge in [0.1, 0.15) is 0 Å². The Kier molecular flexibility index (Phi) is 3.16. The molecule has 1 aromatic heterocycles. The molecule has 0 radical (unpaired) electrons. The van der Waals surface area contributed by atoms with E-state index in [2.05, 4.69) is 55.2 Å². The largest absolute Gasteiger partial charge is 0.157 e. The summed E-state index contributed by atoms with van der Waals surface area (Å²) in [7, 11) is 0. The highest BCUT2D eigenvalue weighted by Crippen LogP contribution is 2.25. The molecule has 0 atom stereocenters. The van der Waals surface area contributed by atoms with Gasteiger partial charge in [0.2, 0.25) is 0 Å². The lowest BCUT2D eigenvalue weighted by Crippen LogP contribution is -2.10. The third kappa shape index (κ3) is 2.83. The van der Waals surface area contributed by atoms with Gasteiger partial charge in [-0.1, -0.05) is 56.6 Å². The predicted octanol–water partition coefficient (Wildman–Crippen LogP) is 4.09. The van der Waals surface area contributed by atoms with Crippen molar-refractivity contribution < 1.29 is 0 Å². The summed E-state index contributed by atoms with van der Waals surface area (Å²) in [6, 6.07) is 10.2. The molecule has 2 nitrogen and oxygen atoms in total. The van der Waals surface area contributed by atoms with Crippen molar-refractivity contribution in [1.82, 2.24) is 10.2 Å². The van der Waals surface area contributed by atoms with Crippen LogP contribution in [-0.4, -0.2) is 10.2 Å². The fourth-order valence-electron chi connectivity index (χ4n) is 1.63. The van der Waals surface area contributed by atoms with Crippen molar-refractivity contribution in [2.75, 3.05) is 0 Å². The highest BCUT2D eigenvalue weighted by molar-refractivity contribution is 6.30. The maximum Gasteiger partial charge on any atom is 0.0944 e. The van der Waals surface area contributed by atoms with E-state index in [1.54, 1.807) is 0 Å². The molecule has 0 amide bonds. The molecule has 0 saturated carbocycles. The molecule has 1 aromatic carbocycles. The van der Waals surface area contributed by atoms with Gasteiger partial charge < -0.3 is 0 Å². The molecular formula is C14H15ClN2. The highest BCUT2D eigenvalue weighted by atomic mass is 35.5. The van der Waals surface area contributed by atoms with Crippen LogP contribution in [0.4, 0.5) is 0 Å². The van der Waals surface area contributed by atoms with Crippen LogP contribution in [0.15, 0.2) is 36.5 Å². The maximum atomic E-state index is 5.90. The second-order valence-electron chi connectivity index (χ2n) is 5.09. The first-order valence-electron chi connectivity index (χ1n) is 5.56. The topological polar surface area (TPSA) is 25.8 Å². The van der Waals surface area contributed by atoms with E-state index in [-0.39, 0.29) is 5.41 Å². The number of hydrogen-bond acceptors (Lipinski definition) is 2. The number of halogens is 1. The molecule has 0 aliphatic carbocycles. The summed E-state index contributed by atoms with van der Waals surface area (Å²) in [5.41, 5.74) is 3.31. The van der Waals surface area contributed by atoms with Crippen molar-refractivity contribution in [3.05, 3.63) is 47.1 Å². The van der Waals surface area contributed by atoms with Crippen LogP contribution in [0.1, 0.15) is 26.3 Å². The molecule has 2 rings (SSSR count). The molecule has 1 heterocycles. The van der Waals surface area contributed by atoms with Crippen LogP contribution in [-0.2, 0) is 5.41 Å². The Bertz CT molecular complexity index is 512. The minimum atomic E-state index is 0.165. The van der Waals surface area contributed by atoms with Crippen molar-refractivity contribution in [3.63, 3.8) is 0 Å². The van der Waals surface area contributed by atoms with E-state index in [1.165, 1.54) is 11.8 Å². The summed E-state index contributed by atoms with van der Waals surface area (Å²) >= 11 is 5.90. The highest BCUT2D eigenvalue weighted by Gasteiger charge is 2.13. The Balaban J connectivity index is 2.36. The van der Waals surface area contributed by atoms with Gasteiger partial charge in [-0.2, -0.15) is 10.2 Å². The summed E-state index contributed by atoms with van der Waals surface area (Å²) in [6.07, 6.45) is 1.54. The van der Waals surface area contributed by atoms with Crippen molar-refractivity contribution >= 4 is 11.6 Å². The van der Waals surface area contributed by atoms with Gasteiger partial charge in [0.15, 0.2) is 0 Å². The lowest BCUT2D eigenvalue weighted by molar-refractivity contribution is 0.590. The molecule has 0 N–H and O–H groups in total. The third-order valence-electron chi connectivity index (χ3n) is 2.67. The summed E-state index contributed by atoms with van der Waals surface area (Å²) in [5.74, 6) is 0. The molecule has 0 spiro atoms. The molecule has 3 heteroatoms. The Morgan fingerprint density at radius 3 is 2.24 bits per heavy atom. The Morgan fingerprint density at radius 1 is 1.06 bits per heavy atom. The van der Waals surface area contributed by atoms with Crippen LogP contribution in [0.5, 0.6) is 0 Å². The third-order valence-corrected chi connectivity index (χ3v) is 2.87. The van der Waals surface area contributed by atoms with Gasteiger partial charge in [0, 0.05) is 5.56 Å². The van der Waals surface area contributed by atoms with E-state index in [9.17, 15) is 0 Å². The lowest BCUT2D eigenvalue weighted by atomic mass is 9.86. The Labute approximate surface area is 107 Å². The van der Waals surface area contributed by atoms with Crippen LogP contribution in [0.3, 0.4) is 0 Å². The number of rotatable bonds is 1. The molecule has 0 saturated heterocycles. The number of aromatic nitrogens is 2. The molecule has 17 heavy (non-hydrogen) atoms. The van der Waals surface area contributed by atoms with Gasteiger partial charge in [-0.3, -0.25) is 0 Å². The smallest absolute Gasteiger partial charge is 0.0944 e. The molecule has 0 aliphatic heterocycles. The van der Waals surface area contributed by atoms with Crippen LogP contribution in [0.2, 0.25) is 5.02 Å². The SMILES string of the molecule is CC(C)(C)c1ccc(-c2cc(Cl)cnn2)cc1. The zero-order chi connectivity index (χ0) is 12.5. The molecule has 0 fully saturated rings. The van der Waals surface area contributed by atoms with Gasteiger partial charge in [-0.15, -0.1) is 0 Å². The van der Waals surface area contributed by atoms with E-state index in [0.29, 0.717) is 5.02 Å². The van der Waals surface area contributed by atoms with E-state index in [0.717, 1.165) is 11.3 Å². The Morgan fingerprint density at radius 2 is 1.71 bits per heavy atom. The van der Waals surface area contributed by atoms with Gasteiger partial charge in [-0.05, 0) is 17.0 Å². The summed E-state index contributed by atoms with van der Waals surface area (Å²) in [4.78, 5) is 0. The molecule has 88 valence electrons. The first kappa shape index (κ1) is 12.1. The minimum absolute atomic E-state index is 0.165. The molecule has 0 unspecified atom stereocenters. The second kappa shape index (κ2) is 4.46. The fourth-order valence-corrected chi connectivity index (χ4v) is 1.77. The van der Waals surface area contributed by atoms with E-state index < -0.39 is 0 Å². The number of benzene rings is 1. The monoisotopic (exact) mass is 246 g/mol. The van der Waals surface area contributed by atoms with Crippen molar-refractivity contribution in [1.29, 1.82) is 0 Å². The number of nitrogens with zero attached hydrogens (tertiary/aromatic N) is 2. The molecule has 0 aliphatic rings. The average molecular weight is 247 g/mol. The van der Waals surface area contributed by atoms with E-state index in [1.807, 2.05) is 6.07 Å².